The molecule has 0 saturated carbocycles. The normalized spacial score (nSPS) is 13.9. The molecule has 0 aliphatic rings. The summed E-state index contributed by atoms with van der Waals surface area (Å²) in [4.78, 5) is 0. The van der Waals surface area contributed by atoms with E-state index >= 15 is 0 Å². The topological polar surface area (TPSA) is 9.23 Å². The maximum Gasteiger partial charge on any atom is 0.126 e. The molecule has 17 heavy (non-hydrogen) atoms. The summed E-state index contributed by atoms with van der Waals surface area (Å²) in [5, 5.41) is 0. The number of ether oxygens (including phenoxy) is 1. The van der Waals surface area contributed by atoms with Crippen molar-refractivity contribution in [3.63, 3.8) is 0 Å². The van der Waals surface area contributed by atoms with Crippen LogP contribution in [0.25, 0.3) is 0 Å². The van der Waals surface area contributed by atoms with Gasteiger partial charge in [0.2, 0.25) is 0 Å². The molecule has 0 rings (SSSR count). The second-order valence-electron chi connectivity index (χ2n) is 3.64. The Bertz CT molecular complexity index is 365. The molecule has 0 aromatic heterocycles. The molecule has 92 valence electrons. The van der Waals surface area contributed by atoms with Crippen LogP contribution in [-0.2, 0) is 4.74 Å². The highest BCUT2D eigenvalue weighted by Gasteiger charge is 1.92. The van der Waals surface area contributed by atoms with Crippen LogP contribution in [0.2, 0.25) is 0 Å². The SMILES string of the molecule is C=C/C=C\C=C(/C)O/C(C=C)=C/C=C(\C)CC. The molecule has 0 aliphatic heterocycles. The molecule has 1 nitrogen and oxygen atoms in total. The van der Waals surface area contributed by atoms with Gasteiger partial charge in [0.25, 0.3) is 0 Å². The summed E-state index contributed by atoms with van der Waals surface area (Å²) in [6.07, 6.45) is 14.1. The zero-order chi connectivity index (χ0) is 13.1. The lowest BCUT2D eigenvalue weighted by atomic mass is 10.2. The van der Waals surface area contributed by atoms with Crippen LogP contribution < -0.4 is 0 Å². The third-order valence-electron chi connectivity index (χ3n) is 2.15. The summed E-state index contributed by atoms with van der Waals surface area (Å²) in [7, 11) is 0. The Hall–Kier alpha value is -1.76. The molecule has 0 unspecified atom stereocenters. The van der Waals surface area contributed by atoms with Crippen molar-refractivity contribution in [1.82, 2.24) is 0 Å². The van der Waals surface area contributed by atoms with Gasteiger partial charge in [0.15, 0.2) is 0 Å². The van der Waals surface area contributed by atoms with Crippen molar-refractivity contribution in [2.24, 2.45) is 0 Å². The molecular weight excluding hydrogens is 208 g/mol. The standard InChI is InChI=1S/C16H22O/c1-6-9-10-11-15(5)17-16(8-3)13-12-14(4)7-2/h6,8-13H,1,3,7H2,2,4-5H3/b10-9-,14-12+,15-11+,16-13+. The summed E-state index contributed by atoms with van der Waals surface area (Å²) in [6, 6.07) is 0. The second kappa shape index (κ2) is 9.46. The van der Waals surface area contributed by atoms with Gasteiger partial charge in [0, 0.05) is 0 Å². The molecular formula is C16H22O. The predicted molar refractivity (Wildman–Crippen MR) is 76.5 cm³/mol. The zero-order valence-electron chi connectivity index (χ0n) is 11.1. The number of hydrogen-bond acceptors (Lipinski definition) is 1. The van der Waals surface area contributed by atoms with Crippen molar-refractivity contribution < 1.29 is 4.74 Å². The van der Waals surface area contributed by atoms with Crippen LogP contribution in [0.4, 0.5) is 0 Å². The summed E-state index contributed by atoms with van der Waals surface area (Å²) in [6.45, 7) is 13.4. The fraction of sp³-hybridized carbons (Fsp3) is 0.250. The Morgan fingerprint density at radius 1 is 1.06 bits per heavy atom. The summed E-state index contributed by atoms with van der Waals surface area (Å²) >= 11 is 0. The smallest absolute Gasteiger partial charge is 0.126 e. The molecule has 0 aliphatic carbocycles. The Labute approximate surface area is 105 Å². The first kappa shape index (κ1) is 15.2. The van der Waals surface area contributed by atoms with Gasteiger partial charge in [-0.2, -0.15) is 0 Å². The highest BCUT2D eigenvalue weighted by Crippen LogP contribution is 2.09. The van der Waals surface area contributed by atoms with Crippen LogP contribution in [0.5, 0.6) is 0 Å². The molecule has 0 amide bonds. The second-order valence-corrected chi connectivity index (χ2v) is 3.64. The minimum atomic E-state index is 0.749. The fourth-order valence-corrected chi connectivity index (χ4v) is 0.976. The van der Waals surface area contributed by atoms with Crippen molar-refractivity contribution in [2.75, 3.05) is 0 Å². The van der Waals surface area contributed by atoms with Crippen LogP contribution >= 0.6 is 0 Å². The van der Waals surface area contributed by atoms with Crippen LogP contribution in [0, 0.1) is 0 Å². The fourth-order valence-electron chi connectivity index (χ4n) is 0.976. The zero-order valence-corrected chi connectivity index (χ0v) is 11.1. The van der Waals surface area contributed by atoms with Crippen molar-refractivity contribution in [1.29, 1.82) is 0 Å². The van der Waals surface area contributed by atoms with Crippen molar-refractivity contribution in [3.05, 3.63) is 72.8 Å². The summed E-state index contributed by atoms with van der Waals surface area (Å²) in [5.41, 5.74) is 1.31. The number of hydrogen-bond donors (Lipinski definition) is 0. The largest absolute Gasteiger partial charge is 0.462 e. The van der Waals surface area contributed by atoms with Crippen molar-refractivity contribution in [2.45, 2.75) is 27.2 Å². The average molecular weight is 230 g/mol. The van der Waals surface area contributed by atoms with Gasteiger partial charge in [-0.05, 0) is 38.5 Å². The molecule has 0 atom stereocenters. The van der Waals surface area contributed by atoms with E-state index in [1.165, 1.54) is 5.57 Å². The van der Waals surface area contributed by atoms with Crippen LogP contribution in [0.3, 0.4) is 0 Å². The summed E-state index contributed by atoms with van der Waals surface area (Å²) < 4.78 is 5.62. The third kappa shape index (κ3) is 8.09. The first-order chi connectivity index (χ1) is 8.13. The van der Waals surface area contributed by atoms with E-state index in [2.05, 4.69) is 27.0 Å². The molecule has 0 radical (unpaired) electrons. The molecule has 1 heteroatoms. The first-order valence-corrected chi connectivity index (χ1v) is 5.77. The Balaban J connectivity index is 4.60. The van der Waals surface area contributed by atoms with Gasteiger partial charge in [0.05, 0.1) is 0 Å². The van der Waals surface area contributed by atoms with Gasteiger partial charge >= 0.3 is 0 Å². The van der Waals surface area contributed by atoms with Gasteiger partial charge in [-0.3, -0.25) is 0 Å². The Morgan fingerprint density at radius 3 is 2.29 bits per heavy atom. The molecule has 0 bridgehead atoms. The predicted octanol–water partition coefficient (Wildman–Crippen LogP) is 5.08. The number of allylic oxidation sites excluding steroid dienone is 9. The maximum atomic E-state index is 5.62. The summed E-state index contributed by atoms with van der Waals surface area (Å²) in [5.74, 6) is 1.57. The van der Waals surface area contributed by atoms with Gasteiger partial charge in [0.1, 0.15) is 11.5 Å². The molecule has 0 aromatic carbocycles. The number of rotatable bonds is 7. The Morgan fingerprint density at radius 2 is 1.76 bits per heavy atom. The van der Waals surface area contributed by atoms with Gasteiger partial charge in [-0.15, -0.1) is 0 Å². The van der Waals surface area contributed by atoms with E-state index in [1.807, 2.05) is 37.3 Å². The third-order valence-corrected chi connectivity index (χ3v) is 2.15. The van der Waals surface area contributed by atoms with E-state index in [-0.39, 0.29) is 0 Å². The van der Waals surface area contributed by atoms with E-state index in [0.717, 1.165) is 17.9 Å². The van der Waals surface area contributed by atoms with E-state index < -0.39 is 0 Å². The van der Waals surface area contributed by atoms with Crippen LogP contribution in [-0.4, -0.2) is 0 Å². The molecule has 0 saturated heterocycles. The molecule has 0 aromatic rings. The van der Waals surface area contributed by atoms with Gasteiger partial charge in [-0.1, -0.05) is 50.0 Å². The Kier molecular flexibility index (Phi) is 8.48. The van der Waals surface area contributed by atoms with Crippen molar-refractivity contribution >= 4 is 0 Å². The maximum absolute atomic E-state index is 5.62. The minimum absolute atomic E-state index is 0.749. The molecule has 0 heterocycles. The highest BCUT2D eigenvalue weighted by molar-refractivity contribution is 5.22. The lowest BCUT2D eigenvalue weighted by Crippen LogP contribution is -1.86. The van der Waals surface area contributed by atoms with Gasteiger partial charge < -0.3 is 4.74 Å². The van der Waals surface area contributed by atoms with Gasteiger partial charge in [-0.25, -0.2) is 0 Å². The monoisotopic (exact) mass is 230 g/mol. The molecule has 0 spiro atoms. The average Bonchev–Trinajstić information content (AvgIpc) is 2.34. The molecule has 0 fully saturated rings. The van der Waals surface area contributed by atoms with E-state index in [9.17, 15) is 0 Å². The lowest BCUT2D eigenvalue weighted by Gasteiger charge is -2.05. The quantitative estimate of drug-likeness (QED) is 0.438. The molecule has 0 N–H and O–H groups in total. The lowest BCUT2D eigenvalue weighted by molar-refractivity contribution is 0.323. The first-order valence-electron chi connectivity index (χ1n) is 5.77. The minimum Gasteiger partial charge on any atom is -0.462 e. The van der Waals surface area contributed by atoms with Crippen LogP contribution in [0.1, 0.15) is 27.2 Å². The van der Waals surface area contributed by atoms with Crippen molar-refractivity contribution in [3.8, 4) is 0 Å². The van der Waals surface area contributed by atoms with E-state index in [4.69, 9.17) is 4.74 Å². The highest BCUT2D eigenvalue weighted by atomic mass is 16.5. The van der Waals surface area contributed by atoms with Crippen LogP contribution in [0.15, 0.2) is 72.8 Å². The van der Waals surface area contributed by atoms with E-state index in [0.29, 0.717) is 0 Å². The van der Waals surface area contributed by atoms with E-state index in [1.54, 1.807) is 12.2 Å².